The van der Waals surface area contributed by atoms with Crippen LogP contribution in [0.4, 0.5) is 34.6 Å². The molecule has 0 amide bonds. The Morgan fingerprint density at radius 3 is 2.27 bits per heavy atom. The summed E-state index contributed by atoms with van der Waals surface area (Å²) < 4.78 is 1.96. The lowest BCUT2D eigenvalue weighted by Gasteiger charge is -2.34. The number of fused-ring (bicyclic) bond motifs is 1. The molecule has 1 saturated heterocycles. The second kappa shape index (κ2) is 9.79. The maximum absolute atomic E-state index is 6.11. The van der Waals surface area contributed by atoms with Crippen molar-refractivity contribution < 1.29 is 0 Å². The number of hydrogen-bond acceptors (Lipinski definition) is 8. The molecule has 1 aliphatic heterocycles. The van der Waals surface area contributed by atoms with E-state index >= 15 is 0 Å². The predicted octanol–water partition coefficient (Wildman–Crippen LogP) is 4.64. The van der Waals surface area contributed by atoms with E-state index in [-0.39, 0.29) is 0 Å². The van der Waals surface area contributed by atoms with Crippen molar-refractivity contribution in [3.63, 3.8) is 0 Å². The molecule has 0 saturated carbocycles. The average molecular weight is 492 g/mol. The molecule has 0 radical (unpaired) electrons. The first-order valence-electron chi connectivity index (χ1n) is 12.4. The van der Waals surface area contributed by atoms with Crippen LogP contribution in [-0.2, 0) is 0 Å². The summed E-state index contributed by atoms with van der Waals surface area (Å²) in [6.45, 7) is 4.23. The topological polar surface area (TPSA) is 100 Å². The Bertz CT molecular complexity index is 1500. The van der Waals surface area contributed by atoms with E-state index in [4.69, 9.17) is 15.7 Å². The van der Waals surface area contributed by atoms with Gasteiger partial charge in [0.25, 0.3) is 0 Å². The Kier molecular flexibility index (Phi) is 6.03. The van der Waals surface area contributed by atoms with Crippen LogP contribution in [0.5, 0.6) is 0 Å². The molecule has 0 spiro atoms. The second-order valence-corrected chi connectivity index (χ2v) is 9.22. The second-order valence-electron chi connectivity index (χ2n) is 9.22. The van der Waals surface area contributed by atoms with Gasteiger partial charge in [-0.25, -0.2) is 9.97 Å². The largest absolute Gasteiger partial charge is 0.399 e. The summed E-state index contributed by atoms with van der Waals surface area (Å²) in [5.41, 5.74) is 12.1. The van der Waals surface area contributed by atoms with Crippen molar-refractivity contribution in [1.82, 2.24) is 24.4 Å². The van der Waals surface area contributed by atoms with Gasteiger partial charge in [0.05, 0.1) is 11.9 Å². The van der Waals surface area contributed by atoms with E-state index in [0.717, 1.165) is 43.2 Å². The SMILES string of the molecule is CN1CCN(c2ccc(Nc3ncc4nc(Nc5ccccc5)n(-c5cccc(N)c5)c4n3)cc2)CC1. The fourth-order valence-electron chi connectivity index (χ4n) is 4.53. The van der Waals surface area contributed by atoms with Crippen molar-refractivity contribution in [2.75, 3.05) is 54.5 Å². The monoisotopic (exact) mass is 491 g/mol. The van der Waals surface area contributed by atoms with E-state index < -0.39 is 0 Å². The summed E-state index contributed by atoms with van der Waals surface area (Å²) in [5, 5.41) is 6.75. The van der Waals surface area contributed by atoms with Gasteiger partial charge in [0.15, 0.2) is 5.65 Å². The highest BCUT2D eigenvalue weighted by Gasteiger charge is 2.17. The van der Waals surface area contributed by atoms with Gasteiger partial charge in [-0.2, -0.15) is 4.98 Å². The molecule has 3 heterocycles. The molecular weight excluding hydrogens is 462 g/mol. The quantitative estimate of drug-likeness (QED) is 0.296. The highest BCUT2D eigenvalue weighted by Crippen LogP contribution is 2.28. The van der Waals surface area contributed by atoms with Crippen LogP contribution >= 0.6 is 0 Å². The Morgan fingerprint density at radius 2 is 1.51 bits per heavy atom. The van der Waals surface area contributed by atoms with E-state index in [0.29, 0.717) is 28.7 Å². The Labute approximate surface area is 215 Å². The van der Waals surface area contributed by atoms with Gasteiger partial charge in [0, 0.05) is 48.9 Å². The molecule has 186 valence electrons. The molecule has 9 heteroatoms. The van der Waals surface area contributed by atoms with Crippen molar-refractivity contribution >= 4 is 45.8 Å². The number of para-hydroxylation sites is 1. The molecule has 1 aliphatic rings. The molecule has 4 N–H and O–H groups in total. The highest BCUT2D eigenvalue weighted by molar-refractivity contribution is 5.80. The van der Waals surface area contributed by atoms with Crippen LogP contribution < -0.4 is 21.3 Å². The number of aromatic nitrogens is 4. The first-order valence-corrected chi connectivity index (χ1v) is 12.4. The summed E-state index contributed by atoms with van der Waals surface area (Å²) in [6.07, 6.45) is 1.74. The molecule has 0 unspecified atom stereocenters. The van der Waals surface area contributed by atoms with E-state index in [9.17, 15) is 0 Å². The zero-order valence-electron chi connectivity index (χ0n) is 20.7. The van der Waals surface area contributed by atoms with Crippen LogP contribution in [0.25, 0.3) is 16.9 Å². The molecule has 6 rings (SSSR count). The van der Waals surface area contributed by atoms with Crippen LogP contribution in [0.3, 0.4) is 0 Å². The minimum Gasteiger partial charge on any atom is -0.399 e. The maximum atomic E-state index is 6.11. The van der Waals surface area contributed by atoms with Crippen LogP contribution in [0.1, 0.15) is 0 Å². The summed E-state index contributed by atoms with van der Waals surface area (Å²) >= 11 is 0. The summed E-state index contributed by atoms with van der Waals surface area (Å²) in [4.78, 5) is 18.9. The van der Waals surface area contributed by atoms with Crippen molar-refractivity contribution in [2.24, 2.45) is 0 Å². The number of nitrogens with zero attached hydrogens (tertiary/aromatic N) is 6. The first-order chi connectivity index (χ1) is 18.1. The molecule has 5 aromatic rings. The zero-order chi connectivity index (χ0) is 25.2. The van der Waals surface area contributed by atoms with Crippen molar-refractivity contribution in [1.29, 1.82) is 0 Å². The molecule has 1 fully saturated rings. The smallest absolute Gasteiger partial charge is 0.229 e. The van der Waals surface area contributed by atoms with Gasteiger partial charge < -0.3 is 26.2 Å². The summed E-state index contributed by atoms with van der Waals surface area (Å²) in [7, 11) is 2.17. The summed E-state index contributed by atoms with van der Waals surface area (Å²) in [5.74, 6) is 1.13. The van der Waals surface area contributed by atoms with Crippen LogP contribution in [0.15, 0.2) is 85.1 Å². The number of imidazole rings is 1. The van der Waals surface area contributed by atoms with Gasteiger partial charge >= 0.3 is 0 Å². The number of nitrogens with one attached hydrogen (secondary N) is 2. The highest BCUT2D eigenvalue weighted by atomic mass is 15.3. The maximum Gasteiger partial charge on any atom is 0.229 e. The summed E-state index contributed by atoms with van der Waals surface area (Å²) in [6, 6.07) is 26.0. The Morgan fingerprint density at radius 1 is 0.757 bits per heavy atom. The Balaban J connectivity index is 1.32. The van der Waals surface area contributed by atoms with Gasteiger partial charge in [-0.05, 0) is 61.6 Å². The lowest BCUT2D eigenvalue weighted by Crippen LogP contribution is -2.44. The van der Waals surface area contributed by atoms with E-state index in [1.54, 1.807) is 6.20 Å². The minimum atomic E-state index is 0.496. The van der Waals surface area contributed by atoms with Crippen molar-refractivity contribution in [2.45, 2.75) is 0 Å². The zero-order valence-corrected chi connectivity index (χ0v) is 20.7. The molecular formula is C28H29N9. The molecule has 2 aromatic heterocycles. The number of nitrogen functional groups attached to an aromatic ring is 1. The molecule has 0 atom stereocenters. The lowest BCUT2D eigenvalue weighted by atomic mass is 10.2. The van der Waals surface area contributed by atoms with Crippen molar-refractivity contribution in [3.05, 3.63) is 85.1 Å². The fraction of sp³-hybridized carbons (Fsp3) is 0.179. The third-order valence-corrected chi connectivity index (χ3v) is 6.55. The molecule has 37 heavy (non-hydrogen) atoms. The molecule has 9 nitrogen and oxygen atoms in total. The number of likely N-dealkylation sites (N-methyl/N-ethyl adjacent to an activating group) is 1. The third kappa shape index (κ3) is 4.89. The number of benzene rings is 3. The van der Waals surface area contributed by atoms with Gasteiger partial charge in [0.1, 0.15) is 5.52 Å². The molecule has 0 bridgehead atoms. The van der Waals surface area contributed by atoms with Crippen molar-refractivity contribution in [3.8, 4) is 5.69 Å². The van der Waals surface area contributed by atoms with Gasteiger partial charge in [-0.15, -0.1) is 0 Å². The Hall–Kier alpha value is -4.63. The number of nitrogens with two attached hydrogens (primary N) is 1. The third-order valence-electron chi connectivity index (χ3n) is 6.55. The first kappa shape index (κ1) is 22.8. The number of hydrogen-bond donors (Lipinski definition) is 3. The van der Waals surface area contributed by atoms with Gasteiger partial charge in [-0.1, -0.05) is 24.3 Å². The standard InChI is InChI=1S/C28H29N9/c1-35-14-16-36(17-15-35)23-12-10-22(11-13-23)31-27-30-19-25-26(34-27)37(24-9-5-6-20(29)18-24)28(33-25)32-21-7-3-2-4-8-21/h2-13,18-19H,14-17,29H2,1H3,(H,32,33)(H,30,31,34). The minimum absolute atomic E-state index is 0.496. The van der Waals surface area contributed by atoms with Crippen LogP contribution in [0, 0.1) is 0 Å². The fourth-order valence-corrected chi connectivity index (χ4v) is 4.53. The van der Waals surface area contributed by atoms with E-state index in [1.165, 1.54) is 5.69 Å². The molecule has 0 aliphatic carbocycles. The van der Waals surface area contributed by atoms with Gasteiger partial charge in [-0.3, -0.25) is 4.57 Å². The van der Waals surface area contributed by atoms with Crippen LogP contribution in [0.2, 0.25) is 0 Å². The van der Waals surface area contributed by atoms with E-state index in [1.807, 2.05) is 59.2 Å². The predicted molar refractivity (Wildman–Crippen MR) is 150 cm³/mol. The molecule has 3 aromatic carbocycles. The average Bonchev–Trinajstić information content (AvgIpc) is 3.27. The normalized spacial score (nSPS) is 14.1. The van der Waals surface area contributed by atoms with E-state index in [2.05, 4.69) is 56.7 Å². The van der Waals surface area contributed by atoms with Gasteiger partial charge in [0.2, 0.25) is 11.9 Å². The number of rotatable bonds is 6. The number of piperazine rings is 1. The number of anilines is 6. The lowest BCUT2D eigenvalue weighted by molar-refractivity contribution is 0.313. The van der Waals surface area contributed by atoms with Crippen LogP contribution in [-0.4, -0.2) is 57.6 Å².